The lowest BCUT2D eigenvalue weighted by Gasteiger charge is -2.22. The van der Waals surface area contributed by atoms with Gasteiger partial charge in [-0.3, -0.25) is 4.99 Å². The first kappa shape index (κ1) is 18.5. The molecule has 0 aliphatic carbocycles. The first-order valence-electron chi connectivity index (χ1n) is 7.63. The van der Waals surface area contributed by atoms with Crippen LogP contribution in [0.3, 0.4) is 0 Å². The van der Waals surface area contributed by atoms with E-state index in [4.69, 9.17) is 0 Å². The van der Waals surface area contributed by atoms with Crippen molar-refractivity contribution in [2.75, 3.05) is 31.6 Å². The number of hydrogen-bond donors (Lipinski definition) is 1. The van der Waals surface area contributed by atoms with E-state index in [1.54, 1.807) is 6.92 Å². The van der Waals surface area contributed by atoms with Crippen molar-refractivity contribution in [3.8, 4) is 0 Å². The van der Waals surface area contributed by atoms with Gasteiger partial charge in [0, 0.05) is 25.9 Å². The van der Waals surface area contributed by atoms with Gasteiger partial charge in [-0.15, -0.1) is 0 Å². The Labute approximate surface area is 134 Å². The summed E-state index contributed by atoms with van der Waals surface area (Å²) in [4.78, 5) is 6.42. The van der Waals surface area contributed by atoms with E-state index < -0.39 is 9.84 Å². The summed E-state index contributed by atoms with van der Waals surface area (Å²) in [6, 6.07) is 8.36. The standard InChI is InChI=1S/C16H27N3O2S/c1-5-17-16(18-11-12-22(20,21)6-2)19(4)13-15-9-7-14(3)8-10-15/h7-10H,5-6,11-13H2,1-4H3,(H,17,18). The number of hydrogen-bond acceptors (Lipinski definition) is 3. The molecular weight excluding hydrogens is 298 g/mol. The van der Waals surface area contributed by atoms with Gasteiger partial charge in [-0.05, 0) is 19.4 Å². The minimum atomic E-state index is -2.97. The fourth-order valence-electron chi connectivity index (χ4n) is 1.95. The number of nitrogens with one attached hydrogen (secondary N) is 1. The minimum absolute atomic E-state index is 0.0940. The molecular formula is C16H27N3O2S. The van der Waals surface area contributed by atoms with E-state index >= 15 is 0 Å². The van der Waals surface area contributed by atoms with Crippen molar-refractivity contribution in [2.45, 2.75) is 27.3 Å². The first-order valence-corrected chi connectivity index (χ1v) is 9.45. The van der Waals surface area contributed by atoms with E-state index in [9.17, 15) is 8.42 Å². The topological polar surface area (TPSA) is 61.8 Å². The van der Waals surface area contributed by atoms with Gasteiger partial charge in [-0.25, -0.2) is 8.42 Å². The maximum Gasteiger partial charge on any atom is 0.193 e. The molecule has 0 aliphatic rings. The summed E-state index contributed by atoms with van der Waals surface area (Å²) >= 11 is 0. The van der Waals surface area contributed by atoms with Gasteiger partial charge < -0.3 is 10.2 Å². The molecule has 124 valence electrons. The number of rotatable bonds is 7. The van der Waals surface area contributed by atoms with Crippen molar-refractivity contribution in [1.82, 2.24) is 10.2 Å². The highest BCUT2D eigenvalue weighted by Gasteiger charge is 2.09. The van der Waals surface area contributed by atoms with Crippen molar-refractivity contribution in [3.63, 3.8) is 0 Å². The van der Waals surface area contributed by atoms with Crippen molar-refractivity contribution in [3.05, 3.63) is 35.4 Å². The molecule has 6 heteroatoms. The molecule has 0 amide bonds. The lowest BCUT2D eigenvalue weighted by Crippen LogP contribution is -2.38. The van der Waals surface area contributed by atoms with Crippen LogP contribution in [0.1, 0.15) is 25.0 Å². The molecule has 0 atom stereocenters. The third kappa shape index (κ3) is 6.47. The van der Waals surface area contributed by atoms with Gasteiger partial charge in [0.2, 0.25) is 0 Å². The normalized spacial score (nSPS) is 12.3. The SMILES string of the molecule is CCNC(=NCCS(=O)(=O)CC)N(C)Cc1ccc(C)cc1. The van der Waals surface area contributed by atoms with Crippen LogP contribution in [0.25, 0.3) is 0 Å². The van der Waals surface area contributed by atoms with Crippen LogP contribution in [0.5, 0.6) is 0 Å². The fraction of sp³-hybridized carbons (Fsp3) is 0.562. The van der Waals surface area contributed by atoms with Crippen molar-refractivity contribution in [2.24, 2.45) is 4.99 Å². The number of guanidine groups is 1. The maximum atomic E-state index is 11.5. The van der Waals surface area contributed by atoms with Crippen LogP contribution in [-0.2, 0) is 16.4 Å². The predicted octanol–water partition coefficient (Wildman–Crippen LogP) is 1.83. The summed E-state index contributed by atoms with van der Waals surface area (Å²) in [5, 5.41) is 3.20. The Balaban J connectivity index is 2.70. The monoisotopic (exact) mass is 325 g/mol. The van der Waals surface area contributed by atoms with Crippen LogP contribution in [0.2, 0.25) is 0 Å². The second-order valence-corrected chi connectivity index (χ2v) is 7.79. The Bertz CT molecular complexity index is 580. The molecule has 0 aliphatic heterocycles. The molecule has 0 saturated heterocycles. The van der Waals surface area contributed by atoms with Crippen molar-refractivity contribution < 1.29 is 8.42 Å². The molecule has 22 heavy (non-hydrogen) atoms. The zero-order valence-corrected chi connectivity index (χ0v) is 14.8. The van der Waals surface area contributed by atoms with E-state index in [2.05, 4.69) is 41.5 Å². The van der Waals surface area contributed by atoms with Gasteiger partial charge in [-0.1, -0.05) is 36.8 Å². The van der Waals surface area contributed by atoms with E-state index in [0.717, 1.165) is 19.0 Å². The second kappa shape index (κ2) is 8.78. The zero-order chi connectivity index (χ0) is 16.6. The van der Waals surface area contributed by atoms with E-state index in [0.29, 0.717) is 0 Å². The number of nitrogens with zero attached hydrogens (tertiary/aromatic N) is 2. The average molecular weight is 325 g/mol. The molecule has 1 aromatic carbocycles. The number of aryl methyl sites for hydroxylation is 1. The smallest absolute Gasteiger partial charge is 0.193 e. The largest absolute Gasteiger partial charge is 0.357 e. The summed E-state index contributed by atoms with van der Waals surface area (Å²) in [6.45, 7) is 7.49. The maximum absolute atomic E-state index is 11.5. The second-order valence-electron chi connectivity index (χ2n) is 5.31. The summed E-state index contributed by atoms with van der Waals surface area (Å²) in [7, 11) is -1.02. The van der Waals surface area contributed by atoms with Crippen LogP contribution >= 0.6 is 0 Å². The van der Waals surface area contributed by atoms with Crippen LogP contribution in [-0.4, -0.2) is 50.9 Å². The Kier molecular flexibility index (Phi) is 7.38. The fourth-order valence-corrected chi connectivity index (χ4v) is 2.61. The third-order valence-electron chi connectivity index (χ3n) is 3.34. The van der Waals surface area contributed by atoms with E-state index in [-0.39, 0.29) is 18.1 Å². The van der Waals surface area contributed by atoms with Crippen molar-refractivity contribution >= 4 is 15.8 Å². The predicted molar refractivity (Wildman–Crippen MR) is 93.0 cm³/mol. The molecule has 1 rings (SSSR count). The lowest BCUT2D eigenvalue weighted by molar-refractivity contribution is 0.477. The summed E-state index contributed by atoms with van der Waals surface area (Å²) in [6.07, 6.45) is 0. The molecule has 1 aromatic rings. The average Bonchev–Trinajstić information content (AvgIpc) is 2.48. The molecule has 0 unspecified atom stereocenters. The lowest BCUT2D eigenvalue weighted by atomic mass is 10.1. The number of benzene rings is 1. The van der Waals surface area contributed by atoms with Crippen LogP contribution in [0.4, 0.5) is 0 Å². The summed E-state index contributed by atoms with van der Waals surface area (Å²) < 4.78 is 23.1. The van der Waals surface area contributed by atoms with E-state index in [1.807, 2.05) is 18.9 Å². The number of aliphatic imine (C=N–C) groups is 1. The van der Waals surface area contributed by atoms with Gasteiger partial charge in [-0.2, -0.15) is 0 Å². The molecule has 0 spiro atoms. The Morgan fingerprint density at radius 3 is 2.41 bits per heavy atom. The summed E-state index contributed by atoms with van der Waals surface area (Å²) in [5.74, 6) is 0.990. The van der Waals surface area contributed by atoms with Gasteiger partial charge in [0.1, 0.15) is 0 Å². The van der Waals surface area contributed by atoms with Gasteiger partial charge in [0.05, 0.1) is 12.3 Å². The first-order chi connectivity index (χ1) is 10.4. The highest BCUT2D eigenvalue weighted by Crippen LogP contribution is 2.06. The summed E-state index contributed by atoms with van der Waals surface area (Å²) in [5.41, 5.74) is 2.43. The quantitative estimate of drug-likeness (QED) is 0.614. The molecule has 1 N–H and O–H groups in total. The zero-order valence-electron chi connectivity index (χ0n) is 14.0. The third-order valence-corrected chi connectivity index (χ3v) is 5.02. The van der Waals surface area contributed by atoms with Crippen molar-refractivity contribution in [1.29, 1.82) is 0 Å². The van der Waals surface area contributed by atoms with Crippen LogP contribution < -0.4 is 5.32 Å². The molecule has 0 fully saturated rings. The van der Waals surface area contributed by atoms with E-state index in [1.165, 1.54) is 11.1 Å². The molecule has 5 nitrogen and oxygen atoms in total. The minimum Gasteiger partial charge on any atom is -0.357 e. The highest BCUT2D eigenvalue weighted by atomic mass is 32.2. The van der Waals surface area contributed by atoms with Gasteiger partial charge in [0.15, 0.2) is 15.8 Å². The van der Waals surface area contributed by atoms with Gasteiger partial charge >= 0.3 is 0 Å². The Morgan fingerprint density at radius 2 is 1.86 bits per heavy atom. The van der Waals surface area contributed by atoms with Crippen LogP contribution in [0.15, 0.2) is 29.3 Å². The Morgan fingerprint density at radius 1 is 1.23 bits per heavy atom. The Hall–Kier alpha value is -1.56. The number of sulfone groups is 1. The molecule has 0 saturated carbocycles. The molecule has 0 bridgehead atoms. The molecule has 0 aromatic heterocycles. The highest BCUT2D eigenvalue weighted by molar-refractivity contribution is 7.91. The van der Waals surface area contributed by atoms with Gasteiger partial charge in [0.25, 0.3) is 0 Å². The van der Waals surface area contributed by atoms with Crippen LogP contribution in [0, 0.1) is 6.92 Å². The molecule has 0 heterocycles. The molecule has 0 radical (unpaired) electrons.